The Labute approximate surface area is 126 Å². The zero-order valence-electron chi connectivity index (χ0n) is 12.4. The first-order valence-electron chi connectivity index (χ1n) is 7.13. The van der Waals surface area contributed by atoms with Gasteiger partial charge in [0.1, 0.15) is 0 Å². The number of hydrogen-bond acceptors (Lipinski definition) is 3. The number of hydrogen-bond donors (Lipinski definition) is 1. The molecule has 0 fully saturated rings. The second-order valence-electron chi connectivity index (χ2n) is 5.64. The van der Waals surface area contributed by atoms with E-state index in [2.05, 4.69) is 5.32 Å². The molecular formula is C16H21NO3S. The van der Waals surface area contributed by atoms with E-state index in [1.165, 1.54) is 0 Å². The van der Waals surface area contributed by atoms with Crippen LogP contribution in [0.4, 0.5) is 0 Å². The van der Waals surface area contributed by atoms with Gasteiger partial charge in [0.25, 0.3) is 0 Å². The van der Waals surface area contributed by atoms with Crippen LogP contribution in [-0.4, -0.2) is 26.1 Å². The highest BCUT2D eigenvalue weighted by Crippen LogP contribution is 2.18. The van der Waals surface area contributed by atoms with Crippen LogP contribution in [0.15, 0.2) is 41.3 Å². The summed E-state index contributed by atoms with van der Waals surface area (Å²) in [6.07, 6.45) is 5.45. The monoisotopic (exact) mass is 307 g/mol. The highest BCUT2D eigenvalue weighted by molar-refractivity contribution is 7.91. The first-order chi connectivity index (χ1) is 9.88. The number of aryl methyl sites for hydroxylation is 1. The number of carbonyl (C=O) groups is 1. The van der Waals surface area contributed by atoms with Crippen molar-refractivity contribution in [2.24, 2.45) is 5.92 Å². The molecule has 1 aromatic rings. The Bertz CT molecular complexity index is 624. The van der Waals surface area contributed by atoms with Gasteiger partial charge in [-0.2, -0.15) is 0 Å². The lowest BCUT2D eigenvalue weighted by Crippen LogP contribution is -2.40. The van der Waals surface area contributed by atoms with Gasteiger partial charge in [0.15, 0.2) is 9.84 Å². The smallest absolute Gasteiger partial charge is 0.223 e. The molecule has 1 aliphatic carbocycles. The van der Waals surface area contributed by atoms with E-state index in [9.17, 15) is 13.2 Å². The molecule has 0 aromatic heterocycles. The van der Waals surface area contributed by atoms with Crippen molar-refractivity contribution in [2.45, 2.75) is 37.6 Å². The molecule has 2 rings (SSSR count). The minimum absolute atomic E-state index is 0.0467. The van der Waals surface area contributed by atoms with Gasteiger partial charge in [-0.05, 0) is 38.8 Å². The first-order valence-corrected chi connectivity index (χ1v) is 8.78. The van der Waals surface area contributed by atoms with E-state index in [-0.39, 0.29) is 17.6 Å². The maximum atomic E-state index is 12.3. The van der Waals surface area contributed by atoms with Gasteiger partial charge < -0.3 is 5.32 Å². The van der Waals surface area contributed by atoms with Crippen LogP contribution in [0.3, 0.4) is 0 Å². The van der Waals surface area contributed by atoms with Gasteiger partial charge in [0.05, 0.1) is 10.6 Å². The molecule has 21 heavy (non-hydrogen) atoms. The number of benzene rings is 1. The molecule has 4 nitrogen and oxygen atoms in total. The van der Waals surface area contributed by atoms with Gasteiger partial charge in [-0.15, -0.1) is 0 Å². The third-order valence-electron chi connectivity index (χ3n) is 3.62. The quantitative estimate of drug-likeness (QED) is 0.849. The Morgan fingerprint density at radius 1 is 1.24 bits per heavy atom. The summed E-state index contributed by atoms with van der Waals surface area (Å²) < 4.78 is 24.6. The number of carbonyl (C=O) groups excluding carboxylic acids is 1. The fourth-order valence-corrected chi connectivity index (χ4v) is 3.89. The van der Waals surface area contributed by atoms with Gasteiger partial charge in [0, 0.05) is 12.0 Å². The van der Waals surface area contributed by atoms with E-state index in [1.54, 1.807) is 31.2 Å². The molecular weight excluding hydrogens is 286 g/mol. The van der Waals surface area contributed by atoms with Crippen LogP contribution < -0.4 is 5.32 Å². The Kier molecular flexibility index (Phi) is 4.83. The molecule has 1 amide bonds. The molecule has 114 valence electrons. The second-order valence-corrected chi connectivity index (χ2v) is 7.68. The zero-order chi connectivity index (χ0) is 15.5. The number of sulfone groups is 1. The molecule has 0 saturated carbocycles. The van der Waals surface area contributed by atoms with Crippen molar-refractivity contribution in [1.29, 1.82) is 0 Å². The van der Waals surface area contributed by atoms with Crippen LogP contribution in [0, 0.1) is 12.8 Å². The summed E-state index contributed by atoms with van der Waals surface area (Å²) in [6.45, 7) is 3.64. The molecule has 1 N–H and O–H groups in total. The molecule has 0 heterocycles. The van der Waals surface area contributed by atoms with Gasteiger partial charge in [-0.25, -0.2) is 8.42 Å². The number of allylic oxidation sites excluding steroid dienone is 2. The van der Waals surface area contributed by atoms with Crippen molar-refractivity contribution in [3.05, 3.63) is 42.0 Å². The minimum atomic E-state index is -3.38. The van der Waals surface area contributed by atoms with Crippen molar-refractivity contribution >= 4 is 15.7 Å². The fraction of sp³-hybridized carbons (Fsp3) is 0.438. The largest absolute Gasteiger partial charge is 0.352 e. The van der Waals surface area contributed by atoms with Crippen LogP contribution in [0.5, 0.6) is 0 Å². The summed E-state index contributed by atoms with van der Waals surface area (Å²) in [6, 6.07) is 6.38. The number of nitrogens with one attached hydrogen (secondary N) is 1. The third-order valence-corrected chi connectivity index (χ3v) is 5.55. The average molecular weight is 307 g/mol. The van der Waals surface area contributed by atoms with Gasteiger partial charge in [-0.3, -0.25) is 4.79 Å². The van der Waals surface area contributed by atoms with Gasteiger partial charge >= 0.3 is 0 Å². The summed E-state index contributed by atoms with van der Waals surface area (Å²) >= 11 is 0. The normalized spacial score (nSPS) is 16.9. The summed E-state index contributed by atoms with van der Waals surface area (Å²) in [7, 11) is -3.38. The van der Waals surface area contributed by atoms with Gasteiger partial charge in [0.2, 0.25) is 5.91 Å². The zero-order valence-corrected chi connectivity index (χ0v) is 13.2. The Morgan fingerprint density at radius 2 is 1.81 bits per heavy atom. The molecule has 1 aliphatic rings. The van der Waals surface area contributed by atoms with E-state index < -0.39 is 15.9 Å². The van der Waals surface area contributed by atoms with Crippen molar-refractivity contribution < 1.29 is 13.2 Å². The standard InChI is InChI=1S/C16H21NO3S/c1-12-7-9-15(10-8-12)21(19,20)11-13(2)17-16(18)14-5-3-4-6-14/h3-4,7-10,13-14H,5-6,11H2,1-2H3,(H,17,18)/t13-/m0/s1. The molecule has 0 radical (unpaired) electrons. The summed E-state index contributed by atoms with van der Waals surface area (Å²) in [4.78, 5) is 12.3. The summed E-state index contributed by atoms with van der Waals surface area (Å²) in [5, 5.41) is 2.80. The Hall–Kier alpha value is -1.62. The molecule has 0 saturated heterocycles. The highest BCUT2D eigenvalue weighted by atomic mass is 32.2. The van der Waals surface area contributed by atoms with Crippen LogP contribution in [0.1, 0.15) is 25.3 Å². The van der Waals surface area contributed by atoms with Crippen molar-refractivity contribution in [2.75, 3.05) is 5.75 Å². The Balaban J connectivity index is 1.96. The van der Waals surface area contributed by atoms with Crippen molar-refractivity contribution in [1.82, 2.24) is 5.32 Å². The maximum absolute atomic E-state index is 12.3. The summed E-state index contributed by atoms with van der Waals surface area (Å²) in [5.41, 5.74) is 1.02. The van der Waals surface area contributed by atoms with Crippen molar-refractivity contribution in [3.63, 3.8) is 0 Å². The Morgan fingerprint density at radius 3 is 2.38 bits per heavy atom. The molecule has 1 atom stereocenters. The number of rotatable bonds is 5. The lowest BCUT2D eigenvalue weighted by Gasteiger charge is -2.17. The molecule has 1 aromatic carbocycles. The van der Waals surface area contributed by atoms with E-state index >= 15 is 0 Å². The van der Waals surface area contributed by atoms with E-state index in [0.717, 1.165) is 18.4 Å². The molecule has 0 aliphatic heterocycles. The maximum Gasteiger partial charge on any atom is 0.223 e. The second kappa shape index (κ2) is 6.43. The van der Waals surface area contributed by atoms with Crippen molar-refractivity contribution in [3.8, 4) is 0 Å². The predicted molar refractivity (Wildman–Crippen MR) is 82.7 cm³/mol. The highest BCUT2D eigenvalue weighted by Gasteiger charge is 2.24. The minimum Gasteiger partial charge on any atom is -0.352 e. The van der Waals surface area contributed by atoms with Crippen LogP contribution >= 0.6 is 0 Å². The fourth-order valence-electron chi connectivity index (χ4n) is 2.40. The van der Waals surface area contributed by atoms with Crippen LogP contribution in [0.25, 0.3) is 0 Å². The lowest BCUT2D eigenvalue weighted by molar-refractivity contribution is -0.125. The van der Waals surface area contributed by atoms with E-state index in [1.807, 2.05) is 19.1 Å². The van der Waals surface area contributed by atoms with E-state index in [0.29, 0.717) is 4.90 Å². The molecule has 0 unspecified atom stereocenters. The molecule has 5 heteroatoms. The average Bonchev–Trinajstić information content (AvgIpc) is 2.92. The summed E-state index contributed by atoms with van der Waals surface area (Å²) in [5.74, 6) is -0.191. The molecule has 0 spiro atoms. The predicted octanol–water partition coefficient (Wildman–Crippen LogP) is 2.24. The van der Waals surface area contributed by atoms with Crippen LogP contribution in [-0.2, 0) is 14.6 Å². The SMILES string of the molecule is Cc1ccc(S(=O)(=O)C[C@H](C)NC(=O)C2CC=CC2)cc1. The first kappa shape index (κ1) is 15.8. The third kappa shape index (κ3) is 4.17. The van der Waals surface area contributed by atoms with E-state index in [4.69, 9.17) is 0 Å². The van der Waals surface area contributed by atoms with Crippen LogP contribution in [0.2, 0.25) is 0 Å². The van der Waals surface area contributed by atoms with Gasteiger partial charge in [-0.1, -0.05) is 29.8 Å². The lowest BCUT2D eigenvalue weighted by atomic mass is 10.1. The number of amides is 1. The topological polar surface area (TPSA) is 63.2 Å². The molecule has 0 bridgehead atoms.